The van der Waals surface area contributed by atoms with Gasteiger partial charge < -0.3 is 15.3 Å². The molecule has 2 aromatic rings. The summed E-state index contributed by atoms with van der Waals surface area (Å²) in [7, 11) is 0. The molecule has 1 aromatic heterocycles. The molecule has 2 heterocycles. The smallest absolute Gasteiger partial charge is 0.270 e. The van der Waals surface area contributed by atoms with E-state index in [9.17, 15) is 4.79 Å². The van der Waals surface area contributed by atoms with E-state index in [4.69, 9.17) is 16.7 Å². The Kier molecular flexibility index (Phi) is 7.51. The van der Waals surface area contributed by atoms with Gasteiger partial charge in [-0.15, -0.1) is 0 Å². The molecule has 30 heavy (non-hydrogen) atoms. The minimum absolute atomic E-state index is 0.0942. The molecule has 1 aliphatic heterocycles. The van der Waals surface area contributed by atoms with Crippen LogP contribution in [0.1, 0.15) is 72.4 Å². The van der Waals surface area contributed by atoms with Gasteiger partial charge in [0, 0.05) is 41.1 Å². The molecule has 1 amide bonds. The topological polar surface area (TPSA) is 65.5 Å². The number of carbonyl (C=O) groups excluding carboxylic acids is 1. The Morgan fingerprint density at radius 3 is 2.83 bits per heavy atom. The van der Waals surface area contributed by atoms with Crippen molar-refractivity contribution in [2.45, 2.75) is 52.6 Å². The van der Waals surface area contributed by atoms with Crippen molar-refractivity contribution in [3.8, 4) is 0 Å². The van der Waals surface area contributed by atoms with Crippen LogP contribution in [0.25, 0.3) is 5.70 Å². The van der Waals surface area contributed by atoms with Crippen LogP contribution in [-0.2, 0) is 13.0 Å². The summed E-state index contributed by atoms with van der Waals surface area (Å²) in [5.41, 5.74) is 5.83. The highest BCUT2D eigenvalue weighted by Gasteiger charge is 2.32. The average molecular weight is 428 g/mol. The van der Waals surface area contributed by atoms with Crippen LogP contribution in [0, 0.1) is 0 Å². The summed E-state index contributed by atoms with van der Waals surface area (Å²) in [5.74, 6) is -0.252. The Balaban J connectivity index is 1.95. The number of halogens is 1. The molecule has 0 spiro atoms. The molecule has 0 fully saturated rings. The van der Waals surface area contributed by atoms with Gasteiger partial charge in [-0.25, -0.2) is 0 Å². The predicted molar refractivity (Wildman–Crippen MR) is 121 cm³/mol. The zero-order valence-electron chi connectivity index (χ0n) is 17.9. The van der Waals surface area contributed by atoms with Crippen molar-refractivity contribution in [2.75, 3.05) is 13.2 Å². The van der Waals surface area contributed by atoms with E-state index in [2.05, 4.69) is 60.2 Å². The number of hydrogen-bond acceptors (Lipinski definition) is 4. The summed E-state index contributed by atoms with van der Waals surface area (Å²) in [6, 6.07) is 8.41. The highest BCUT2D eigenvalue weighted by molar-refractivity contribution is 6.31. The number of nitrogens with one attached hydrogen (secondary N) is 1. The molecule has 0 aliphatic carbocycles. The molecular weight excluding hydrogens is 398 g/mol. The summed E-state index contributed by atoms with van der Waals surface area (Å²) in [6.45, 7) is 7.15. The van der Waals surface area contributed by atoms with Gasteiger partial charge >= 0.3 is 0 Å². The van der Waals surface area contributed by atoms with Crippen LogP contribution in [0.5, 0.6) is 0 Å². The van der Waals surface area contributed by atoms with E-state index in [-0.39, 0.29) is 25.1 Å². The van der Waals surface area contributed by atoms with E-state index in [1.54, 1.807) is 6.20 Å². The highest BCUT2D eigenvalue weighted by atomic mass is 35.5. The maximum absolute atomic E-state index is 12.6. The van der Waals surface area contributed by atoms with Crippen LogP contribution in [-0.4, -0.2) is 34.0 Å². The molecule has 1 unspecified atom stereocenters. The minimum Gasteiger partial charge on any atom is -0.395 e. The summed E-state index contributed by atoms with van der Waals surface area (Å²) in [5, 5.41) is 12.6. The number of allylic oxidation sites excluding steroid dienone is 1. The Bertz CT molecular complexity index is 942. The summed E-state index contributed by atoms with van der Waals surface area (Å²) < 4.78 is 0. The molecule has 6 heteroatoms. The minimum atomic E-state index is -0.252. The average Bonchev–Trinajstić information content (AvgIpc) is 3.12. The number of fused-ring (bicyclic) bond motifs is 1. The molecule has 3 rings (SSSR count). The van der Waals surface area contributed by atoms with E-state index in [1.807, 2.05) is 6.07 Å². The monoisotopic (exact) mass is 427 g/mol. The van der Waals surface area contributed by atoms with E-state index in [0.717, 1.165) is 46.7 Å². The second-order valence-electron chi connectivity index (χ2n) is 7.57. The van der Waals surface area contributed by atoms with Crippen LogP contribution in [0.2, 0.25) is 5.02 Å². The second kappa shape index (κ2) is 10.1. The predicted octanol–water partition coefficient (Wildman–Crippen LogP) is 4.74. The molecule has 5 nitrogen and oxygen atoms in total. The lowest BCUT2D eigenvalue weighted by molar-refractivity contribution is 0.0938. The van der Waals surface area contributed by atoms with Gasteiger partial charge in [-0.05, 0) is 43.0 Å². The van der Waals surface area contributed by atoms with Crippen LogP contribution in [0.15, 0.2) is 36.5 Å². The SMILES string of the molecule is CC/C=C1/c2ccnc(C(=O)NCCO)c2CN1C(C)c1ccc(CCC)c(Cl)c1. The molecule has 1 atom stereocenters. The molecule has 0 saturated carbocycles. The van der Waals surface area contributed by atoms with Gasteiger partial charge in [0.05, 0.1) is 12.6 Å². The molecule has 0 bridgehead atoms. The first-order chi connectivity index (χ1) is 14.5. The van der Waals surface area contributed by atoms with Crippen molar-refractivity contribution in [1.82, 2.24) is 15.2 Å². The fourth-order valence-electron chi connectivity index (χ4n) is 3.99. The third kappa shape index (κ3) is 4.52. The Labute approximate surface area is 183 Å². The number of benzene rings is 1. The van der Waals surface area contributed by atoms with E-state index in [1.165, 1.54) is 5.56 Å². The number of nitrogens with zero attached hydrogens (tertiary/aromatic N) is 2. The lowest BCUT2D eigenvalue weighted by atomic mass is 10.0. The van der Waals surface area contributed by atoms with E-state index < -0.39 is 0 Å². The van der Waals surface area contributed by atoms with Crippen molar-refractivity contribution in [3.63, 3.8) is 0 Å². The summed E-state index contributed by atoms with van der Waals surface area (Å²) >= 11 is 6.54. The Hall–Kier alpha value is -2.37. The van der Waals surface area contributed by atoms with E-state index in [0.29, 0.717) is 12.2 Å². The van der Waals surface area contributed by atoms with Gasteiger partial charge in [0.1, 0.15) is 5.69 Å². The number of pyridine rings is 1. The molecule has 2 N–H and O–H groups in total. The first-order valence-corrected chi connectivity index (χ1v) is 11.0. The normalized spacial score (nSPS) is 15.4. The second-order valence-corrected chi connectivity index (χ2v) is 7.97. The zero-order chi connectivity index (χ0) is 21.7. The lowest BCUT2D eigenvalue weighted by Gasteiger charge is -2.29. The number of hydrogen-bond donors (Lipinski definition) is 2. The Morgan fingerprint density at radius 1 is 1.37 bits per heavy atom. The number of rotatable bonds is 8. The molecular formula is C24H30ClN3O2. The van der Waals surface area contributed by atoms with Crippen molar-refractivity contribution in [1.29, 1.82) is 0 Å². The lowest BCUT2D eigenvalue weighted by Crippen LogP contribution is -2.28. The first kappa shape index (κ1) is 22.3. The molecule has 0 radical (unpaired) electrons. The number of aliphatic hydroxyl groups excluding tert-OH is 1. The number of amides is 1. The zero-order valence-corrected chi connectivity index (χ0v) is 18.7. The quantitative estimate of drug-likeness (QED) is 0.638. The number of aryl methyl sites for hydroxylation is 1. The number of carbonyl (C=O) groups is 1. The summed E-state index contributed by atoms with van der Waals surface area (Å²) in [4.78, 5) is 19.2. The van der Waals surface area contributed by atoms with Gasteiger partial charge in [0.15, 0.2) is 0 Å². The van der Waals surface area contributed by atoms with Crippen molar-refractivity contribution in [3.05, 3.63) is 69.5 Å². The fraction of sp³-hybridized carbons (Fsp3) is 0.417. The highest BCUT2D eigenvalue weighted by Crippen LogP contribution is 2.40. The van der Waals surface area contributed by atoms with Crippen LogP contribution in [0.3, 0.4) is 0 Å². The standard InChI is InChI=1S/C24H30ClN3O2/c1-4-6-17-8-9-18(14-21(17)25)16(3)28-15-20-19(22(28)7-5-2)10-11-26-23(20)24(30)27-12-13-29/h7-11,14,16,29H,4-6,12-13,15H2,1-3H3,(H,27,30)/b22-7-. The molecule has 160 valence electrons. The summed E-state index contributed by atoms with van der Waals surface area (Å²) in [6.07, 6.45) is 6.81. The van der Waals surface area contributed by atoms with Crippen molar-refractivity contribution >= 4 is 23.2 Å². The van der Waals surface area contributed by atoms with Gasteiger partial charge in [-0.3, -0.25) is 9.78 Å². The maximum Gasteiger partial charge on any atom is 0.270 e. The van der Waals surface area contributed by atoms with Crippen LogP contribution in [0.4, 0.5) is 0 Å². The van der Waals surface area contributed by atoms with Gasteiger partial charge in [-0.1, -0.05) is 50.1 Å². The van der Waals surface area contributed by atoms with E-state index >= 15 is 0 Å². The van der Waals surface area contributed by atoms with Gasteiger partial charge in [-0.2, -0.15) is 0 Å². The van der Waals surface area contributed by atoms with Crippen LogP contribution < -0.4 is 5.32 Å². The third-order valence-electron chi connectivity index (χ3n) is 5.53. The molecule has 1 aliphatic rings. The fourth-order valence-corrected chi connectivity index (χ4v) is 4.28. The van der Waals surface area contributed by atoms with Crippen LogP contribution >= 0.6 is 11.6 Å². The van der Waals surface area contributed by atoms with Gasteiger partial charge in [0.25, 0.3) is 5.91 Å². The third-order valence-corrected chi connectivity index (χ3v) is 5.88. The van der Waals surface area contributed by atoms with Crippen molar-refractivity contribution < 1.29 is 9.90 Å². The maximum atomic E-state index is 12.6. The molecule has 1 aromatic carbocycles. The molecule has 0 saturated heterocycles. The van der Waals surface area contributed by atoms with Gasteiger partial charge in [0.2, 0.25) is 0 Å². The number of aromatic nitrogens is 1. The number of aliphatic hydroxyl groups is 1. The Morgan fingerprint density at radius 2 is 2.17 bits per heavy atom. The van der Waals surface area contributed by atoms with Crippen molar-refractivity contribution in [2.24, 2.45) is 0 Å². The largest absolute Gasteiger partial charge is 0.395 e. The first-order valence-electron chi connectivity index (χ1n) is 10.6.